The number of aliphatic hydroxyl groups is 2. The van der Waals surface area contributed by atoms with E-state index in [1.54, 1.807) is 28.9 Å². The molecule has 306 valence electrons. The molecule has 0 bridgehead atoms. The Labute approximate surface area is 337 Å². The fourth-order valence-electron chi connectivity index (χ4n) is 10.1. The Kier molecular flexibility index (Phi) is 11.9. The van der Waals surface area contributed by atoms with Crippen molar-refractivity contribution in [3.63, 3.8) is 0 Å². The van der Waals surface area contributed by atoms with Gasteiger partial charge in [0.2, 0.25) is 11.8 Å². The van der Waals surface area contributed by atoms with Gasteiger partial charge < -0.3 is 39.5 Å². The Morgan fingerprint density at radius 2 is 1.75 bits per heavy atom. The molecule has 2 fully saturated rings. The molecule has 1 spiro atoms. The quantitative estimate of drug-likeness (QED) is 0.158. The van der Waals surface area contributed by atoms with Gasteiger partial charge in [0.1, 0.15) is 11.5 Å². The van der Waals surface area contributed by atoms with Crippen molar-refractivity contribution in [1.29, 1.82) is 0 Å². The van der Waals surface area contributed by atoms with Crippen LogP contribution in [0.25, 0.3) is 0 Å². The zero-order valence-corrected chi connectivity index (χ0v) is 35.1. The first kappa shape index (κ1) is 40.9. The highest BCUT2D eigenvalue weighted by Crippen LogP contribution is 2.60. The summed E-state index contributed by atoms with van der Waals surface area (Å²) in [6.45, 7) is 10.3. The van der Waals surface area contributed by atoms with Crippen molar-refractivity contribution < 1.29 is 38.8 Å². The molecule has 12 nitrogen and oxygen atoms in total. The normalized spacial score (nSPS) is 25.7. The number of nitrogens with one attached hydrogen (secondary N) is 1. The summed E-state index contributed by atoms with van der Waals surface area (Å²) < 4.78 is 18.6. The number of benzene rings is 3. The van der Waals surface area contributed by atoms with E-state index in [-0.39, 0.29) is 54.9 Å². The van der Waals surface area contributed by atoms with Crippen molar-refractivity contribution in [3.05, 3.63) is 71.8 Å². The average molecular weight is 799 g/mol. The van der Waals surface area contributed by atoms with Crippen molar-refractivity contribution in [2.45, 2.75) is 94.8 Å². The zero-order valence-electron chi connectivity index (χ0n) is 34.1. The SMILES string of the molecule is CCOc1ccc2c(c1)CC(NCCCCO)C(=O)N2c1ccc2c(c1)[C@]1(O[C@@H](CC(=O)N3CCC[C@H]3CO)[C@H]([Si](C)(C)c3ccc(OC)cc3)[C@H]1C)C(=O)N2C. The number of rotatable bonds is 14. The number of hydrogen-bond donors (Lipinski definition) is 3. The van der Waals surface area contributed by atoms with Gasteiger partial charge in [-0.25, -0.2) is 0 Å². The van der Waals surface area contributed by atoms with Crippen molar-refractivity contribution in [2.75, 3.05) is 56.9 Å². The second-order valence-corrected chi connectivity index (χ2v) is 21.2. The number of methoxy groups -OCH3 is 1. The van der Waals surface area contributed by atoms with Crippen LogP contribution in [0.3, 0.4) is 0 Å². The van der Waals surface area contributed by atoms with Crippen LogP contribution in [-0.2, 0) is 31.1 Å². The summed E-state index contributed by atoms with van der Waals surface area (Å²) in [6.07, 6.45) is 2.96. The fourth-order valence-corrected chi connectivity index (χ4v) is 14.1. The molecule has 3 aromatic carbocycles. The highest BCUT2D eigenvalue weighted by molar-refractivity contribution is 6.91. The molecule has 0 saturated carbocycles. The first-order valence-electron chi connectivity index (χ1n) is 20.5. The third kappa shape index (κ3) is 7.15. The van der Waals surface area contributed by atoms with E-state index in [0.717, 1.165) is 42.0 Å². The molecule has 3 N–H and O–H groups in total. The van der Waals surface area contributed by atoms with E-state index < -0.39 is 25.8 Å². The van der Waals surface area contributed by atoms with Crippen LogP contribution in [0.4, 0.5) is 17.1 Å². The van der Waals surface area contributed by atoms with Crippen molar-refractivity contribution >= 4 is 48.0 Å². The Balaban J connectivity index is 1.32. The third-order valence-corrected chi connectivity index (χ3v) is 17.4. The maximum absolute atomic E-state index is 14.9. The van der Waals surface area contributed by atoms with E-state index in [4.69, 9.17) is 14.2 Å². The number of amides is 3. The number of carbonyl (C=O) groups excluding carboxylic acids is 3. The molecule has 3 amide bonds. The first-order chi connectivity index (χ1) is 27.4. The number of fused-ring (bicyclic) bond motifs is 3. The standard InChI is InChI=1S/C44H58N4O8Si/c1-7-55-33-15-19-37-29(23-33)24-36(45-20-8-9-22-49)42(52)48(37)30-12-18-38-35(25-30)44(43(53)46(38)3)28(2)41(57(5,6)34-16-13-32(54-4)14-17-34)39(56-44)26-40(51)47-21-10-11-31(47)27-50/h12-19,23,25,28,31,36,39,41,45,49-50H,7-11,20-22,24,26-27H2,1-6H3/t28-,31+,36?,39+,41-,44+/m1/s1. The molecule has 0 radical (unpaired) electrons. The van der Waals surface area contributed by atoms with E-state index in [0.29, 0.717) is 49.5 Å². The van der Waals surface area contributed by atoms with Gasteiger partial charge in [-0.3, -0.25) is 19.3 Å². The smallest absolute Gasteiger partial charge is 0.264 e. The topological polar surface area (TPSA) is 141 Å². The van der Waals surface area contributed by atoms with Gasteiger partial charge in [0.05, 0.1) is 64.4 Å². The highest BCUT2D eigenvalue weighted by Gasteiger charge is 2.66. The van der Waals surface area contributed by atoms with Crippen LogP contribution in [0.5, 0.6) is 11.5 Å². The van der Waals surface area contributed by atoms with Crippen LogP contribution in [0.2, 0.25) is 18.6 Å². The second kappa shape index (κ2) is 16.5. The Morgan fingerprint density at radius 1 is 1.02 bits per heavy atom. The van der Waals surface area contributed by atoms with Gasteiger partial charge in [0.25, 0.3) is 5.91 Å². The predicted molar refractivity (Wildman–Crippen MR) is 222 cm³/mol. The number of hydrogen-bond acceptors (Lipinski definition) is 9. The molecule has 13 heteroatoms. The van der Waals surface area contributed by atoms with Gasteiger partial charge in [0.15, 0.2) is 5.60 Å². The highest BCUT2D eigenvalue weighted by atomic mass is 28.3. The Hall–Kier alpha value is -4.27. The number of aliphatic hydroxyl groups excluding tert-OH is 2. The molecular weight excluding hydrogens is 741 g/mol. The molecule has 6 atom stereocenters. The largest absolute Gasteiger partial charge is 0.497 e. The summed E-state index contributed by atoms with van der Waals surface area (Å²) in [5, 5.41) is 24.1. The number of ether oxygens (including phenoxy) is 3. The van der Waals surface area contributed by atoms with Crippen LogP contribution in [-0.4, -0.2) is 106 Å². The van der Waals surface area contributed by atoms with Crippen LogP contribution >= 0.6 is 0 Å². The van der Waals surface area contributed by atoms with Crippen LogP contribution < -0.4 is 29.8 Å². The summed E-state index contributed by atoms with van der Waals surface area (Å²) in [7, 11) is 0.890. The van der Waals surface area contributed by atoms with Gasteiger partial charge in [-0.1, -0.05) is 37.3 Å². The van der Waals surface area contributed by atoms with E-state index in [9.17, 15) is 24.6 Å². The van der Waals surface area contributed by atoms with Crippen LogP contribution in [0.1, 0.15) is 57.1 Å². The molecule has 4 aliphatic rings. The summed E-state index contributed by atoms with van der Waals surface area (Å²) in [4.78, 5) is 48.8. The zero-order chi connectivity index (χ0) is 40.6. The molecule has 3 aromatic rings. The number of likely N-dealkylation sites (tertiary alicyclic amines) is 1. The number of unbranched alkanes of at least 4 members (excludes halogenated alkanes) is 1. The Bertz CT molecular complexity index is 1980. The molecule has 0 aromatic heterocycles. The van der Waals surface area contributed by atoms with Crippen molar-refractivity contribution in [3.8, 4) is 11.5 Å². The van der Waals surface area contributed by atoms with Gasteiger partial charge >= 0.3 is 0 Å². The van der Waals surface area contributed by atoms with E-state index in [1.807, 2.05) is 55.5 Å². The lowest BCUT2D eigenvalue weighted by Crippen LogP contribution is -2.52. The Morgan fingerprint density at radius 3 is 2.46 bits per heavy atom. The van der Waals surface area contributed by atoms with Gasteiger partial charge in [-0.15, -0.1) is 0 Å². The third-order valence-electron chi connectivity index (χ3n) is 13.0. The minimum atomic E-state index is -2.52. The molecule has 4 heterocycles. The van der Waals surface area contributed by atoms with E-state index in [1.165, 1.54) is 5.19 Å². The second-order valence-electron chi connectivity index (χ2n) is 16.5. The molecular formula is C44H58N4O8Si. The number of likely N-dealkylation sites (N-methyl/N-ethyl adjacent to an activating group) is 1. The van der Waals surface area contributed by atoms with Crippen molar-refractivity contribution in [2.24, 2.45) is 5.92 Å². The van der Waals surface area contributed by atoms with E-state index >= 15 is 0 Å². The fraction of sp³-hybridized carbons (Fsp3) is 0.523. The lowest BCUT2D eigenvalue weighted by atomic mass is 9.82. The summed E-state index contributed by atoms with van der Waals surface area (Å²) >= 11 is 0. The molecule has 4 aliphatic heterocycles. The summed E-state index contributed by atoms with van der Waals surface area (Å²) in [5.74, 6) is 0.778. The molecule has 2 saturated heterocycles. The minimum Gasteiger partial charge on any atom is -0.497 e. The first-order valence-corrected chi connectivity index (χ1v) is 23.6. The molecule has 0 aliphatic carbocycles. The van der Waals surface area contributed by atoms with E-state index in [2.05, 4.69) is 37.5 Å². The molecule has 1 unspecified atom stereocenters. The van der Waals surface area contributed by atoms with Gasteiger partial charge in [-0.2, -0.15) is 0 Å². The van der Waals surface area contributed by atoms with Crippen molar-refractivity contribution in [1.82, 2.24) is 10.2 Å². The predicted octanol–water partition coefficient (Wildman–Crippen LogP) is 4.61. The van der Waals surface area contributed by atoms with Gasteiger partial charge in [-0.05, 0) is 105 Å². The maximum atomic E-state index is 14.9. The number of anilines is 3. The molecule has 57 heavy (non-hydrogen) atoms. The maximum Gasteiger partial charge on any atom is 0.264 e. The van der Waals surface area contributed by atoms with Crippen LogP contribution in [0, 0.1) is 5.92 Å². The lowest BCUT2D eigenvalue weighted by Gasteiger charge is -2.37. The minimum absolute atomic E-state index is 0.0717. The number of nitrogens with zero attached hydrogens (tertiary/aromatic N) is 3. The number of carbonyl (C=O) groups is 3. The lowest BCUT2D eigenvalue weighted by molar-refractivity contribution is -0.149. The monoisotopic (exact) mass is 798 g/mol. The van der Waals surface area contributed by atoms with Gasteiger partial charge in [0, 0.05) is 37.4 Å². The average Bonchev–Trinajstić information content (AvgIpc) is 3.87. The summed E-state index contributed by atoms with van der Waals surface area (Å²) in [5.41, 5.74) is 2.17. The molecule has 7 rings (SSSR count). The van der Waals surface area contributed by atoms with Crippen LogP contribution in [0.15, 0.2) is 60.7 Å². The summed E-state index contributed by atoms with van der Waals surface area (Å²) in [6, 6.07) is 18.9.